The van der Waals surface area contributed by atoms with E-state index in [0.29, 0.717) is 6.04 Å². The van der Waals surface area contributed by atoms with Crippen molar-refractivity contribution in [2.45, 2.75) is 71.1 Å². The van der Waals surface area contributed by atoms with E-state index in [0.717, 1.165) is 62.5 Å². The van der Waals surface area contributed by atoms with E-state index in [-0.39, 0.29) is 12.1 Å². The molecule has 1 aliphatic rings. The quantitative estimate of drug-likeness (QED) is 0.454. The van der Waals surface area contributed by atoms with Crippen LogP contribution in [0.5, 0.6) is 0 Å². The van der Waals surface area contributed by atoms with Crippen molar-refractivity contribution in [2.24, 2.45) is 0 Å². The molecule has 2 aromatic carbocycles. The molecule has 192 valence electrons. The lowest BCUT2D eigenvalue weighted by molar-refractivity contribution is 0.0496. The van der Waals surface area contributed by atoms with Gasteiger partial charge in [0.05, 0.1) is 12.1 Å². The van der Waals surface area contributed by atoms with Gasteiger partial charge in [-0.1, -0.05) is 60.7 Å². The summed E-state index contributed by atoms with van der Waals surface area (Å²) < 4.78 is 7.65. The van der Waals surface area contributed by atoms with E-state index in [1.54, 1.807) is 0 Å². The van der Waals surface area contributed by atoms with E-state index in [9.17, 15) is 4.79 Å². The van der Waals surface area contributed by atoms with E-state index in [1.165, 1.54) is 5.56 Å². The molecule has 1 fully saturated rings. The summed E-state index contributed by atoms with van der Waals surface area (Å²) in [5.74, 6) is 1.88. The summed E-state index contributed by atoms with van der Waals surface area (Å²) in [6, 6.07) is 20.8. The van der Waals surface area contributed by atoms with E-state index >= 15 is 0 Å². The number of ether oxygens (including phenoxy) is 1. The molecule has 7 nitrogen and oxygen atoms in total. The van der Waals surface area contributed by atoms with Crippen LogP contribution < -0.4 is 5.32 Å². The van der Waals surface area contributed by atoms with E-state index < -0.39 is 5.60 Å². The zero-order valence-electron chi connectivity index (χ0n) is 22.0. The molecule has 2 heterocycles. The first-order valence-corrected chi connectivity index (χ1v) is 13.0. The number of hydrogen-bond acceptors (Lipinski definition) is 5. The monoisotopic (exact) mass is 489 g/mol. The van der Waals surface area contributed by atoms with E-state index in [4.69, 9.17) is 14.8 Å². The molecule has 3 aromatic rings. The second-order valence-electron chi connectivity index (χ2n) is 10.7. The van der Waals surface area contributed by atoms with Gasteiger partial charge in [0.25, 0.3) is 0 Å². The SMILES string of the molecule is Cc1nc(Cc2ccccc2)nn1C1CCN(CC[C@H](NC(=O)OC(C)(C)C)c2ccccc2)CC1. The first-order chi connectivity index (χ1) is 17.3. The number of aromatic nitrogens is 3. The fourth-order valence-electron chi connectivity index (χ4n) is 4.81. The Kier molecular flexibility index (Phi) is 8.41. The molecule has 1 saturated heterocycles. The van der Waals surface area contributed by atoms with Crippen LogP contribution in [0.25, 0.3) is 0 Å². The number of aryl methyl sites for hydroxylation is 1. The number of alkyl carbamates (subject to hydrolysis) is 1. The summed E-state index contributed by atoms with van der Waals surface area (Å²) in [6.07, 6.45) is 3.31. The average Bonchev–Trinajstić information content (AvgIpc) is 3.22. The Balaban J connectivity index is 1.31. The Hall–Kier alpha value is -3.19. The molecule has 1 aliphatic heterocycles. The Bertz CT molecular complexity index is 1100. The lowest BCUT2D eigenvalue weighted by Crippen LogP contribution is -2.39. The highest BCUT2D eigenvalue weighted by atomic mass is 16.6. The number of rotatable bonds is 8. The second kappa shape index (κ2) is 11.7. The summed E-state index contributed by atoms with van der Waals surface area (Å²) in [5.41, 5.74) is 1.81. The lowest BCUT2D eigenvalue weighted by atomic mass is 10.0. The molecule has 1 atom stereocenters. The van der Waals surface area contributed by atoms with Crippen molar-refractivity contribution >= 4 is 6.09 Å². The van der Waals surface area contributed by atoms with E-state index in [2.05, 4.69) is 58.2 Å². The maximum absolute atomic E-state index is 12.5. The van der Waals surface area contributed by atoms with Gasteiger partial charge in [-0.05, 0) is 58.1 Å². The number of piperidine rings is 1. The van der Waals surface area contributed by atoms with Crippen molar-refractivity contribution in [1.29, 1.82) is 0 Å². The van der Waals surface area contributed by atoms with Crippen molar-refractivity contribution in [3.8, 4) is 0 Å². The Morgan fingerprint density at radius 1 is 1.06 bits per heavy atom. The normalized spacial score (nSPS) is 16.0. The smallest absolute Gasteiger partial charge is 0.408 e. The fraction of sp³-hybridized carbons (Fsp3) is 0.483. The van der Waals surface area contributed by atoms with Gasteiger partial charge in [0.2, 0.25) is 0 Å². The van der Waals surface area contributed by atoms with Crippen molar-refractivity contribution in [3.05, 3.63) is 83.4 Å². The summed E-state index contributed by atoms with van der Waals surface area (Å²) in [5, 5.41) is 7.94. The standard InChI is InChI=1S/C29H39N5O2/c1-22-30-27(21-23-11-7-5-8-12-23)32-34(22)25-15-18-33(19-16-25)20-17-26(24-13-9-6-10-14-24)31-28(35)36-29(2,3)4/h5-14,25-26H,15-21H2,1-4H3,(H,31,35)/t26-/m0/s1. The Labute approximate surface area is 214 Å². The number of likely N-dealkylation sites (tertiary alicyclic amines) is 1. The van der Waals surface area contributed by atoms with Gasteiger partial charge in [0.15, 0.2) is 5.82 Å². The molecule has 36 heavy (non-hydrogen) atoms. The van der Waals surface area contributed by atoms with Crippen molar-refractivity contribution in [2.75, 3.05) is 19.6 Å². The molecule has 1 amide bonds. The molecule has 4 rings (SSSR count). The molecule has 0 unspecified atom stereocenters. The van der Waals surface area contributed by atoms with Crippen molar-refractivity contribution in [1.82, 2.24) is 25.0 Å². The molecule has 0 spiro atoms. The predicted octanol–water partition coefficient (Wildman–Crippen LogP) is 5.47. The van der Waals surface area contributed by atoms with Crippen LogP contribution in [0.2, 0.25) is 0 Å². The van der Waals surface area contributed by atoms with Crippen LogP contribution in [0, 0.1) is 6.92 Å². The summed E-state index contributed by atoms with van der Waals surface area (Å²) in [6.45, 7) is 10.6. The number of carbonyl (C=O) groups is 1. The van der Waals surface area contributed by atoms with Gasteiger partial charge >= 0.3 is 6.09 Å². The lowest BCUT2D eigenvalue weighted by Gasteiger charge is -2.33. The summed E-state index contributed by atoms with van der Waals surface area (Å²) in [7, 11) is 0. The Morgan fingerprint density at radius 2 is 1.69 bits per heavy atom. The number of carbonyl (C=O) groups excluding carboxylic acids is 1. The second-order valence-corrected chi connectivity index (χ2v) is 10.7. The molecule has 7 heteroatoms. The third-order valence-electron chi connectivity index (χ3n) is 6.58. The molecule has 0 saturated carbocycles. The van der Waals surface area contributed by atoms with Crippen LogP contribution in [0.1, 0.15) is 74.9 Å². The highest BCUT2D eigenvalue weighted by molar-refractivity contribution is 5.68. The zero-order valence-corrected chi connectivity index (χ0v) is 22.0. The third-order valence-corrected chi connectivity index (χ3v) is 6.58. The number of hydrogen-bond donors (Lipinski definition) is 1. The average molecular weight is 490 g/mol. The van der Waals surface area contributed by atoms with Gasteiger partial charge in [-0.2, -0.15) is 5.10 Å². The molecule has 0 bridgehead atoms. The first-order valence-electron chi connectivity index (χ1n) is 13.0. The number of benzene rings is 2. The van der Waals surface area contributed by atoms with Gasteiger partial charge in [0, 0.05) is 26.1 Å². The Morgan fingerprint density at radius 3 is 2.33 bits per heavy atom. The van der Waals surface area contributed by atoms with Crippen LogP contribution in [0.4, 0.5) is 4.79 Å². The predicted molar refractivity (Wildman–Crippen MR) is 142 cm³/mol. The zero-order chi connectivity index (χ0) is 25.5. The molecular weight excluding hydrogens is 450 g/mol. The van der Waals surface area contributed by atoms with Crippen LogP contribution >= 0.6 is 0 Å². The summed E-state index contributed by atoms with van der Waals surface area (Å²) in [4.78, 5) is 19.7. The maximum Gasteiger partial charge on any atom is 0.408 e. The van der Waals surface area contributed by atoms with Crippen molar-refractivity contribution < 1.29 is 9.53 Å². The van der Waals surface area contributed by atoms with Gasteiger partial charge in [0.1, 0.15) is 11.4 Å². The molecular formula is C29H39N5O2. The van der Waals surface area contributed by atoms with E-state index in [1.807, 2.05) is 45.0 Å². The van der Waals surface area contributed by atoms with Gasteiger partial charge in [-0.15, -0.1) is 0 Å². The highest BCUT2D eigenvalue weighted by Gasteiger charge is 2.25. The van der Waals surface area contributed by atoms with Crippen LogP contribution in [0.15, 0.2) is 60.7 Å². The molecule has 0 radical (unpaired) electrons. The molecule has 1 N–H and O–H groups in total. The fourth-order valence-corrected chi connectivity index (χ4v) is 4.81. The summed E-state index contributed by atoms with van der Waals surface area (Å²) >= 11 is 0. The first kappa shape index (κ1) is 25.9. The van der Waals surface area contributed by atoms with Crippen LogP contribution in [-0.2, 0) is 11.2 Å². The van der Waals surface area contributed by atoms with Crippen LogP contribution in [-0.4, -0.2) is 51.0 Å². The minimum absolute atomic E-state index is 0.0862. The largest absolute Gasteiger partial charge is 0.444 e. The minimum Gasteiger partial charge on any atom is -0.444 e. The minimum atomic E-state index is -0.520. The number of amides is 1. The molecule has 1 aromatic heterocycles. The van der Waals surface area contributed by atoms with Gasteiger partial charge < -0.3 is 15.0 Å². The molecule has 0 aliphatic carbocycles. The van der Waals surface area contributed by atoms with Gasteiger partial charge in [-0.25, -0.2) is 14.5 Å². The van der Waals surface area contributed by atoms with Crippen molar-refractivity contribution in [3.63, 3.8) is 0 Å². The van der Waals surface area contributed by atoms with Crippen LogP contribution in [0.3, 0.4) is 0 Å². The third kappa shape index (κ3) is 7.40. The topological polar surface area (TPSA) is 72.3 Å². The number of nitrogens with zero attached hydrogens (tertiary/aromatic N) is 4. The highest BCUT2D eigenvalue weighted by Crippen LogP contribution is 2.25. The number of nitrogens with one attached hydrogen (secondary N) is 1. The van der Waals surface area contributed by atoms with Gasteiger partial charge in [-0.3, -0.25) is 0 Å². The maximum atomic E-state index is 12.5.